The van der Waals surface area contributed by atoms with E-state index in [-0.39, 0.29) is 6.10 Å². The maximum atomic E-state index is 9.26. The number of aliphatic hydroxyl groups is 1. The van der Waals surface area contributed by atoms with E-state index in [0.717, 1.165) is 6.42 Å². The molecule has 1 rings (SSSR count). The molecular weight excluding hydrogens is 160 g/mol. The van der Waals surface area contributed by atoms with Crippen molar-refractivity contribution < 1.29 is 5.11 Å². The smallest absolute Gasteiger partial charge is 0.0552 e. The predicted molar refractivity (Wildman–Crippen MR) is 56.0 cm³/mol. The highest BCUT2D eigenvalue weighted by Crippen LogP contribution is 2.16. The van der Waals surface area contributed by atoms with Crippen LogP contribution < -0.4 is 0 Å². The van der Waals surface area contributed by atoms with Crippen LogP contribution in [0.1, 0.15) is 29.2 Å². The molecule has 1 heteroatoms. The van der Waals surface area contributed by atoms with Gasteiger partial charge in [0.15, 0.2) is 0 Å². The number of benzene rings is 1. The number of hydrogen-bond donors (Lipinski definition) is 1. The van der Waals surface area contributed by atoms with E-state index in [1.807, 2.05) is 6.92 Å². The Kier molecular flexibility index (Phi) is 3.10. The summed E-state index contributed by atoms with van der Waals surface area (Å²) in [6.45, 7) is 8.20. The Morgan fingerprint density at radius 3 is 2.00 bits per heavy atom. The predicted octanol–water partition coefficient (Wildman–Crippen LogP) is 2.54. The van der Waals surface area contributed by atoms with E-state index < -0.39 is 0 Å². The van der Waals surface area contributed by atoms with Gasteiger partial charge in [0.1, 0.15) is 0 Å². The van der Waals surface area contributed by atoms with E-state index in [4.69, 9.17) is 0 Å². The first kappa shape index (κ1) is 10.3. The Morgan fingerprint density at radius 2 is 1.62 bits per heavy atom. The fourth-order valence-electron chi connectivity index (χ4n) is 1.58. The fourth-order valence-corrected chi connectivity index (χ4v) is 1.58. The van der Waals surface area contributed by atoms with Crippen LogP contribution in [0.4, 0.5) is 0 Å². The van der Waals surface area contributed by atoms with E-state index in [2.05, 4.69) is 32.9 Å². The number of rotatable bonds is 2. The highest BCUT2D eigenvalue weighted by molar-refractivity contribution is 5.37. The lowest BCUT2D eigenvalue weighted by Crippen LogP contribution is -2.05. The van der Waals surface area contributed by atoms with Crippen LogP contribution in [0.5, 0.6) is 0 Å². The summed E-state index contributed by atoms with van der Waals surface area (Å²) in [5, 5.41) is 9.26. The van der Waals surface area contributed by atoms with Crippen LogP contribution in [0, 0.1) is 20.8 Å². The average molecular weight is 178 g/mol. The lowest BCUT2D eigenvalue weighted by atomic mass is 9.98. The summed E-state index contributed by atoms with van der Waals surface area (Å²) in [4.78, 5) is 0. The molecule has 0 aromatic heterocycles. The van der Waals surface area contributed by atoms with E-state index in [0.29, 0.717) is 0 Å². The van der Waals surface area contributed by atoms with Crippen molar-refractivity contribution in [1.82, 2.24) is 0 Å². The minimum Gasteiger partial charge on any atom is -0.393 e. The molecule has 0 aliphatic carbocycles. The van der Waals surface area contributed by atoms with Crippen LogP contribution in [-0.4, -0.2) is 11.2 Å². The first-order chi connectivity index (χ1) is 6.00. The Hall–Kier alpha value is -0.820. The molecule has 1 nitrogen and oxygen atoms in total. The van der Waals surface area contributed by atoms with Crippen LogP contribution in [0.15, 0.2) is 12.1 Å². The molecule has 0 radical (unpaired) electrons. The molecule has 1 aromatic carbocycles. The van der Waals surface area contributed by atoms with E-state index >= 15 is 0 Å². The van der Waals surface area contributed by atoms with Crippen LogP contribution in [0.2, 0.25) is 0 Å². The second-order valence-corrected chi connectivity index (χ2v) is 3.91. The zero-order valence-corrected chi connectivity index (χ0v) is 8.89. The van der Waals surface area contributed by atoms with Crippen molar-refractivity contribution in [2.75, 3.05) is 0 Å². The van der Waals surface area contributed by atoms with Crippen molar-refractivity contribution in [2.24, 2.45) is 0 Å². The summed E-state index contributed by atoms with van der Waals surface area (Å²) in [6.07, 6.45) is 0.503. The molecule has 1 atom stereocenters. The van der Waals surface area contributed by atoms with Crippen LogP contribution >= 0.6 is 0 Å². The number of aryl methyl sites for hydroxylation is 2. The van der Waals surface area contributed by atoms with Crippen LogP contribution in [0.3, 0.4) is 0 Å². The summed E-state index contributed by atoms with van der Waals surface area (Å²) in [5.41, 5.74) is 5.22. The third kappa shape index (κ3) is 2.56. The molecule has 13 heavy (non-hydrogen) atoms. The van der Waals surface area contributed by atoms with Crippen LogP contribution in [0.25, 0.3) is 0 Å². The van der Waals surface area contributed by atoms with Gasteiger partial charge < -0.3 is 5.11 Å². The first-order valence-electron chi connectivity index (χ1n) is 4.75. The lowest BCUT2D eigenvalue weighted by Gasteiger charge is -2.10. The van der Waals surface area contributed by atoms with Crippen molar-refractivity contribution in [3.05, 3.63) is 34.4 Å². The van der Waals surface area contributed by atoms with E-state index in [1.54, 1.807) is 0 Å². The molecule has 0 bridgehead atoms. The molecule has 1 unspecified atom stereocenters. The molecule has 0 aliphatic heterocycles. The van der Waals surface area contributed by atoms with Gasteiger partial charge in [0.25, 0.3) is 0 Å². The Balaban J connectivity index is 2.99. The molecule has 0 spiro atoms. The standard InChI is InChI=1S/C12H18O/c1-8-5-12(7-10(3)13)6-9(2)11(8)4/h5-6,10,13H,7H2,1-4H3. The normalized spacial score (nSPS) is 13.0. The summed E-state index contributed by atoms with van der Waals surface area (Å²) < 4.78 is 0. The van der Waals surface area contributed by atoms with Crippen molar-refractivity contribution in [3.8, 4) is 0 Å². The summed E-state index contributed by atoms with van der Waals surface area (Å²) in [6, 6.07) is 4.32. The largest absolute Gasteiger partial charge is 0.393 e. The molecule has 0 fully saturated rings. The highest BCUT2D eigenvalue weighted by atomic mass is 16.3. The van der Waals surface area contributed by atoms with Gasteiger partial charge in [-0.25, -0.2) is 0 Å². The van der Waals surface area contributed by atoms with Crippen molar-refractivity contribution in [2.45, 2.75) is 40.2 Å². The van der Waals surface area contributed by atoms with Gasteiger partial charge in [-0.15, -0.1) is 0 Å². The topological polar surface area (TPSA) is 20.2 Å². The van der Waals surface area contributed by atoms with E-state index in [1.165, 1.54) is 22.3 Å². The Morgan fingerprint density at radius 1 is 1.15 bits per heavy atom. The fraction of sp³-hybridized carbons (Fsp3) is 0.500. The third-order valence-corrected chi connectivity index (χ3v) is 2.52. The van der Waals surface area contributed by atoms with Crippen LogP contribution in [-0.2, 0) is 6.42 Å². The molecule has 0 aliphatic rings. The molecule has 72 valence electrons. The van der Waals surface area contributed by atoms with Gasteiger partial charge in [-0.2, -0.15) is 0 Å². The van der Waals surface area contributed by atoms with Gasteiger partial charge in [-0.1, -0.05) is 12.1 Å². The van der Waals surface area contributed by atoms with Crippen molar-refractivity contribution in [3.63, 3.8) is 0 Å². The zero-order chi connectivity index (χ0) is 10.0. The molecule has 0 saturated heterocycles. The minimum absolute atomic E-state index is 0.249. The SMILES string of the molecule is Cc1cc(CC(C)O)cc(C)c1C. The quantitative estimate of drug-likeness (QED) is 0.738. The minimum atomic E-state index is -0.249. The maximum absolute atomic E-state index is 9.26. The summed E-state index contributed by atoms with van der Waals surface area (Å²) in [7, 11) is 0. The van der Waals surface area contributed by atoms with Gasteiger partial charge in [0.2, 0.25) is 0 Å². The number of hydrogen-bond acceptors (Lipinski definition) is 1. The molecule has 1 N–H and O–H groups in total. The first-order valence-corrected chi connectivity index (χ1v) is 4.75. The van der Waals surface area contributed by atoms with Gasteiger partial charge in [-0.05, 0) is 56.4 Å². The third-order valence-electron chi connectivity index (χ3n) is 2.52. The summed E-state index contributed by atoms with van der Waals surface area (Å²) in [5.74, 6) is 0. The molecule has 0 heterocycles. The van der Waals surface area contributed by atoms with Gasteiger partial charge in [-0.3, -0.25) is 0 Å². The lowest BCUT2D eigenvalue weighted by molar-refractivity contribution is 0.195. The second kappa shape index (κ2) is 3.93. The monoisotopic (exact) mass is 178 g/mol. The van der Waals surface area contributed by atoms with Crippen molar-refractivity contribution >= 4 is 0 Å². The number of aliphatic hydroxyl groups excluding tert-OH is 1. The highest BCUT2D eigenvalue weighted by Gasteiger charge is 2.03. The van der Waals surface area contributed by atoms with Gasteiger partial charge in [0.05, 0.1) is 6.10 Å². The molecular formula is C12H18O. The van der Waals surface area contributed by atoms with E-state index in [9.17, 15) is 5.11 Å². The molecule has 0 saturated carbocycles. The Labute approximate surface area is 80.4 Å². The summed E-state index contributed by atoms with van der Waals surface area (Å²) >= 11 is 0. The average Bonchev–Trinajstić information content (AvgIpc) is 1.98. The Bertz CT molecular complexity index is 277. The maximum Gasteiger partial charge on any atom is 0.0552 e. The molecule has 1 aromatic rings. The van der Waals surface area contributed by atoms with Crippen molar-refractivity contribution in [1.29, 1.82) is 0 Å². The zero-order valence-electron chi connectivity index (χ0n) is 8.89. The van der Waals surface area contributed by atoms with Gasteiger partial charge in [0, 0.05) is 0 Å². The molecule has 0 amide bonds. The van der Waals surface area contributed by atoms with Gasteiger partial charge >= 0.3 is 0 Å². The second-order valence-electron chi connectivity index (χ2n) is 3.91.